The third-order valence-electron chi connectivity index (χ3n) is 5.36. The number of aromatic nitrogens is 1. The molecule has 0 radical (unpaired) electrons. The topological polar surface area (TPSA) is 63.4 Å². The molecule has 0 saturated carbocycles. The van der Waals surface area contributed by atoms with Gasteiger partial charge >= 0.3 is 0 Å². The van der Waals surface area contributed by atoms with Crippen LogP contribution in [0.25, 0.3) is 11.0 Å². The first-order valence-corrected chi connectivity index (χ1v) is 9.91. The Morgan fingerprint density at radius 3 is 2.43 bits per heavy atom. The van der Waals surface area contributed by atoms with Gasteiger partial charge in [0.1, 0.15) is 11.4 Å². The summed E-state index contributed by atoms with van der Waals surface area (Å²) >= 11 is 6.08. The highest BCUT2D eigenvalue weighted by atomic mass is 35.5. The third kappa shape index (κ3) is 2.82. The summed E-state index contributed by atoms with van der Waals surface area (Å²) < 4.78 is 5.96. The van der Waals surface area contributed by atoms with E-state index in [1.165, 1.54) is 4.90 Å². The normalized spacial score (nSPS) is 15.6. The van der Waals surface area contributed by atoms with E-state index in [1.807, 2.05) is 44.2 Å². The first-order chi connectivity index (χ1) is 14.4. The first-order valence-electron chi connectivity index (χ1n) is 9.53. The molecule has 0 fully saturated rings. The van der Waals surface area contributed by atoms with Crippen LogP contribution in [0.1, 0.15) is 38.9 Å². The highest BCUT2D eigenvalue weighted by Gasteiger charge is 2.44. The first kappa shape index (κ1) is 18.6. The highest BCUT2D eigenvalue weighted by Crippen LogP contribution is 2.40. The smallest absolute Gasteiger partial charge is 0.296 e. The molecule has 0 N–H and O–H groups in total. The summed E-state index contributed by atoms with van der Waals surface area (Å²) in [4.78, 5) is 32.9. The maximum absolute atomic E-state index is 13.5. The van der Waals surface area contributed by atoms with E-state index < -0.39 is 6.04 Å². The van der Waals surface area contributed by atoms with Gasteiger partial charge in [-0.2, -0.15) is 0 Å². The van der Waals surface area contributed by atoms with Crippen molar-refractivity contribution in [3.63, 3.8) is 0 Å². The zero-order chi connectivity index (χ0) is 21.0. The van der Waals surface area contributed by atoms with Crippen molar-refractivity contribution in [2.24, 2.45) is 0 Å². The summed E-state index contributed by atoms with van der Waals surface area (Å²) in [5.41, 5.74) is 3.17. The molecule has 2 aromatic heterocycles. The lowest BCUT2D eigenvalue weighted by atomic mass is 9.98. The standard InChI is InChI=1S/C24H17ClN2O3/c1-13-3-8-18-17(11-13)22(28)20-21(15-4-6-16(25)7-5-15)27(24(29)23(20)30-18)19-12-14(2)9-10-26-19/h3-12,21H,1-2H3/t21-/m1/s1. The average Bonchev–Trinajstić information content (AvgIpc) is 3.02. The molecular formula is C24H17ClN2O3. The number of benzene rings is 2. The van der Waals surface area contributed by atoms with Crippen molar-refractivity contribution in [3.8, 4) is 0 Å². The minimum absolute atomic E-state index is 0.0552. The van der Waals surface area contributed by atoms with Crippen LogP contribution in [-0.4, -0.2) is 10.9 Å². The van der Waals surface area contributed by atoms with Crippen molar-refractivity contribution in [2.75, 3.05) is 4.90 Å². The molecule has 5 nitrogen and oxygen atoms in total. The number of pyridine rings is 1. The van der Waals surface area contributed by atoms with Gasteiger partial charge < -0.3 is 4.42 Å². The van der Waals surface area contributed by atoms with E-state index in [-0.39, 0.29) is 17.1 Å². The van der Waals surface area contributed by atoms with Crippen LogP contribution in [0.15, 0.2) is 70.0 Å². The number of carbonyl (C=O) groups excluding carboxylic acids is 1. The maximum Gasteiger partial charge on any atom is 0.296 e. The Balaban J connectivity index is 1.83. The molecule has 0 spiro atoms. The van der Waals surface area contributed by atoms with E-state index in [0.717, 1.165) is 16.7 Å². The summed E-state index contributed by atoms with van der Waals surface area (Å²) in [7, 11) is 0. The average molecular weight is 417 g/mol. The number of amides is 1. The van der Waals surface area contributed by atoms with Crippen LogP contribution in [0.2, 0.25) is 5.02 Å². The molecule has 30 heavy (non-hydrogen) atoms. The third-order valence-corrected chi connectivity index (χ3v) is 5.61. The van der Waals surface area contributed by atoms with Gasteiger partial charge in [-0.15, -0.1) is 0 Å². The van der Waals surface area contributed by atoms with Crippen LogP contribution < -0.4 is 10.3 Å². The van der Waals surface area contributed by atoms with E-state index in [9.17, 15) is 9.59 Å². The quantitative estimate of drug-likeness (QED) is 0.450. The Morgan fingerprint density at radius 2 is 1.70 bits per heavy atom. The molecule has 4 aromatic rings. The van der Waals surface area contributed by atoms with Crippen molar-refractivity contribution < 1.29 is 9.21 Å². The monoisotopic (exact) mass is 416 g/mol. The van der Waals surface area contributed by atoms with Crippen LogP contribution in [0.3, 0.4) is 0 Å². The van der Waals surface area contributed by atoms with E-state index >= 15 is 0 Å². The number of fused-ring (bicyclic) bond motifs is 2. The van der Waals surface area contributed by atoms with E-state index in [2.05, 4.69) is 4.98 Å². The van der Waals surface area contributed by atoms with Crippen LogP contribution in [-0.2, 0) is 0 Å². The summed E-state index contributed by atoms with van der Waals surface area (Å²) in [6.45, 7) is 3.84. The number of hydrogen-bond donors (Lipinski definition) is 0. The lowest BCUT2D eigenvalue weighted by Crippen LogP contribution is -2.30. The maximum atomic E-state index is 13.5. The number of nitrogens with zero attached hydrogens (tertiary/aromatic N) is 2. The molecule has 1 aliphatic heterocycles. The summed E-state index contributed by atoms with van der Waals surface area (Å²) in [6, 6.07) is 15.5. The van der Waals surface area contributed by atoms with E-state index in [4.69, 9.17) is 16.0 Å². The predicted molar refractivity (Wildman–Crippen MR) is 116 cm³/mol. The number of halogens is 1. The van der Waals surface area contributed by atoms with Gasteiger partial charge in [0.15, 0.2) is 5.43 Å². The van der Waals surface area contributed by atoms with Crippen molar-refractivity contribution in [1.82, 2.24) is 4.98 Å². The highest BCUT2D eigenvalue weighted by molar-refractivity contribution is 6.30. The number of aryl methyl sites for hydroxylation is 2. The van der Waals surface area contributed by atoms with Crippen molar-refractivity contribution in [3.05, 3.63) is 104 Å². The summed E-state index contributed by atoms with van der Waals surface area (Å²) in [5, 5.41) is 1.03. The van der Waals surface area contributed by atoms with Gasteiger partial charge in [-0.25, -0.2) is 4.98 Å². The zero-order valence-electron chi connectivity index (χ0n) is 16.3. The Kier molecular flexibility index (Phi) is 4.22. The second-order valence-electron chi connectivity index (χ2n) is 7.49. The summed E-state index contributed by atoms with van der Waals surface area (Å²) in [6.07, 6.45) is 1.65. The molecule has 3 heterocycles. The number of carbonyl (C=O) groups is 1. The second kappa shape index (κ2) is 6.82. The Labute approximate surface area is 177 Å². The summed E-state index contributed by atoms with van der Waals surface area (Å²) in [5.74, 6) is 0.133. The number of hydrogen-bond acceptors (Lipinski definition) is 4. The predicted octanol–water partition coefficient (Wildman–Crippen LogP) is 5.21. The van der Waals surface area contributed by atoms with Gasteiger partial charge in [0, 0.05) is 11.2 Å². The molecular weight excluding hydrogens is 400 g/mol. The van der Waals surface area contributed by atoms with Crippen LogP contribution in [0, 0.1) is 13.8 Å². The van der Waals surface area contributed by atoms with Gasteiger partial charge in [0.25, 0.3) is 5.91 Å². The molecule has 1 amide bonds. The van der Waals surface area contributed by atoms with Gasteiger partial charge in [-0.3, -0.25) is 14.5 Å². The van der Waals surface area contributed by atoms with E-state index in [0.29, 0.717) is 27.4 Å². The fourth-order valence-corrected chi connectivity index (χ4v) is 4.06. The lowest BCUT2D eigenvalue weighted by Gasteiger charge is -2.24. The molecule has 6 heteroatoms. The number of anilines is 1. The second-order valence-corrected chi connectivity index (χ2v) is 7.93. The molecule has 2 aromatic carbocycles. The largest absolute Gasteiger partial charge is 0.450 e. The minimum atomic E-state index is -0.653. The van der Waals surface area contributed by atoms with Crippen molar-refractivity contribution >= 4 is 34.3 Å². The van der Waals surface area contributed by atoms with Gasteiger partial charge in [-0.1, -0.05) is 35.4 Å². The fraction of sp³-hybridized carbons (Fsp3) is 0.125. The Bertz CT molecular complexity index is 1380. The SMILES string of the molecule is Cc1ccnc(N2C(=O)c3oc4ccc(C)cc4c(=O)c3[C@H]2c2ccc(Cl)cc2)c1. The molecule has 0 saturated heterocycles. The van der Waals surface area contributed by atoms with Crippen LogP contribution in [0.5, 0.6) is 0 Å². The molecule has 1 aliphatic rings. The van der Waals surface area contributed by atoms with Gasteiger partial charge in [-0.05, 0) is 61.4 Å². The number of rotatable bonds is 2. The Morgan fingerprint density at radius 1 is 0.967 bits per heavy atom. The fourth-order valence-electron chi connectivity index (χ4n) is 3.94. The van der Waals surface area contributed by atoms with Crippen molar-refractivity contribution in [1.29, 1.82) is 0 Å². The zero-order valence-corrected chi connectivity index (χ0v) is 17.1. The lowest BCUT2D eigenvalue weighted by molar-refractivity contribution is 0.0970. The van der Waals surface area contributed by atoms with E-state index in [1.54, 1.807) is 30.5 Å². The molecule has 1 atom stereocenters. The molecule has 0 unspecified atom stereocenters. The van der Waals surface area contributed by atoms with Crippen molar-refractivity contribution in [2.45, 2.75) is 19.9 Å². The van der Waals surface area contributed by atoms with Crippen LogP contribution >= 0.6 is 11.6 Å². The van der Waals surface area contributed by atoms with Gasteiger partial charge in [0.2, 0.25) is 5.76 Å². The molecule has 148 valence electrons. The molecule has 5 rings (SSSR count). The van der Waals surface area contributed by atoms with Gasteiger partial charge in [0.05, 0.1) is 17.0 Å². The molecule has 0 aliphatic carbocycles. The minimum Gasteiger partial charge on any atom is -0.450 e. The molecule has 0 bridgehead atoms. The Hall–Kier alpha value is -3.44. The van der Waals surface area contributed by atoms with Crippen LogP contribution in [0.4, 0.5) is 5.82 Å².